The van der Waals surface area contributed by atoms with Gasteiger partial charge in [-0.25, -0.2) is 0 Å². The number of nitrogens with zero attached hydrogens (tertiary/aromatic N) is 1. The fourth-order valence-corrected chi connectivity index (χ4v) is 2.41. The molecule has 106 valence electrons. The zero-order chi connectivity index (χ0) is 14.8. The lowest BCUT2D eigenvalue weighted by Gasteiger charge is -2.12. The Labute approximate surface area is 120 Å². The van der Waals surface area contributed by atoms with Crippen molar-refractivity contribution in [3.8, 4) is 0 Å². The molecule has 21 heavy (non-hydrogen) atoms. The first kappa shape index (κ1) is 13.1. The second kappa shape index (κ2) is 5.24. The molecule has 0 radical (unpaired) electrons. The molecule has 0 bridgehead atoms. The van der Waals surface area contributed by atoms with Gasteiger partial charge in [-0.2, -0.15) is 0 Å². The maximum atomic E-state index is 12.3. The van der Waals surface area contributed by atoms with Crippen LogP contribution >= 0.6 is 0 Å². The number of nitro benzene ring substituents is 1. The molecule has 2 aromatic carbocycles. The summed E-state index contributed by atoms with van der Waals surface area (Å²) < 4.78 is 0. The first-order valence-electron chi connectivity index (χ1n) is 6.54. The van der Waals surface area contributed by atoms with Gasteiger partial charge < -0.3 is 10.6 Å². The van der Waals surface area contributed by atoms with Gasteiger partial charge in [0.15, 0.2) is 0 Å². The molecule has 0 fully saturated rings. The number of nitrogens with one attached hydrogen (secondary N) is 2. The van der Waals surface area contributed by atoms with E-state index in [0.717, 1.165) is 11.3 Å². The standard InChI is InChI=1S/C15H13N3O3/c19-15(13-9-10-5-1-2-6-11(10)16-13)17-12-7-3-4-8-14(12)18(20)21/h1-8,13,16H,9H2,(H,17,19)/t13-/m0/s1. The smallest absolute Gasteiger partial charge is 0.292 e. The fourth-order valence-electron chi connectivity index (χ4n) is 2.41. The number of hydrogen-bond donors (Lipinski definition) is 2. The predicted molar refractivity (Wildman–Crippen MR) is 79.3 cm³/mol. The quantitative estimate of drug-likeness (QED) is 0.669. The van der Waals surface area contributed by atoms with E-state index in [-0.39, 0.29) is 17.3 Å². The topological polar surface area (TPSA) is 84.3 Å². The molecule has 1 atom stereocenters. The SMILES string of the molecule is O=C(Nc1ccccc1[N+](=O)[O-])[C@@H]1Cc2ccccc2N1. The van der Waals surface area contributed by atoms with Gasteiger partial charge in [0.2, 0.25) is 5.91 Å². The largest absolute Gasteiger partial charge is 0.373 e. The molecule has 2 aromatic rings. The van der Waals surface area contributed by atoms with Crippen molar-refractivity contribution in [3.63, 3.8) is 0 Å². The van der Waals surface area contributed by atoms with Crippen molar-refractivity contribution < 1.29 is 9.72 Å². The zero-order valence-electron chi connectivity index (χ0n) is 11.1. The molecule has 0 aliphatic carbocycles. The molecule has 1 heterocycles. The summed E-state index contributed by atoms with van der Waals surface area (Å²) in [7, 11) is 0. The van der Waals surface area contributed by atoms with E-state index in [9.17, 15) is 14.9 Å². The third kappa shape index (κ3) is 2.55. The molecule has 0 aromatic heterocycles. The van der Waals surface area contributed by atoms with Crippen LogP contribution in [0.3, 0.4) is 0 Å². The van der Waals surface area contributed by atoms with Gasteiger partial charge in [-0.3, -0.25) is 14.9 Å². The Morgan fingerprint density at radius 1 is 1.19 bits per heavy atom. The molecule has 3 rings (SSSR count). The van der Waals surface area contributed by atoms with Crippen LogP contribution < -0.4 is 10.6 Å². The number of hydrogen-bond acceptors (Lipinski definition) is 4. The summed E-state index contributed by atoms with van der Waals surface area (Å²) in [5.74, 6) is -0.277. The Morgan fingerprint density at radius 3 is 2.67 bits per heavy atom. The van der Waals surface area contributed by atoms with E-state index >= 15 is 0 Å². The molecule has 1 aliphatic rings. The molecule has 2 N–H and O–H groups in total. The summed E-state index contributed by atoms with van der Waals surface area (Å²) in [6.45, 7) is 0. The monoisotopic (exact) mass is 283 g/mol. The summed E-state index contributed by atoms with van der Waals surface area (Å²) >= 11 is 0. The summed E-state index contributed by atoms with van der Waals surface area (Å²) in [6, 6.07) is 13.4. The number of anilines is 2. The molecular formula is C15H13N3O3. The van der Waals surface area contributed by atoms with E-state index in [2.05, 4.69) is 10.6 Å². The molecule has 6 heteroatoms. The Bertz CT molecular complexity index is 690. The van der Waals surface area contributed by atoms with Crippen molar-refractivity contribution in [1.82, 2.24) is 0 Å². The van der Waals surface area contributed by atoms with Gasteiger partial charge in [0.25, 0.3) is 5.69 Å². The highest BCUT2D eigenvalue weighted by Crippen LogP contribution is 2.27. The van der Waals surface area contributed by atoms with Gasteiger partial charge in [0, 0.05) is 18.2 Å². The summed E-state index contributed by atoms with van der Waals surface area (Å²) in [6.07, 6.45) is 0.572. The maximum absolute atomic E-state index is 12.3. The van der Waals surface area contributed by atoms with Crippen molar-refractivity contribution in [2.24, 2.45) is 0 Å². The minimum Gasteiger partial charge on any atom is -0.373 e. The third-order valence-electron chi connectivity index (χ3n) is 3.45. The number of fused-ring (bicyclic) bond motifs is 1. The van der Waals surface area contributed by atoms with Crippen LogP contribution in [-0.4, -0.2) is 16.9 Å². The minimum absolute atomic E-state index is 0.110. The van der Waals surface area contributed by atoms with Gasteiger partial charge in [0.1, 0.15) is 11.7 Å². The lowest BCUT2D eigenvalue weighted by molar-refractivity contribution is -0.383. The maximum Gasteiger partial charge on any atom is 0.292 e. The number of rotatable bonds is 3. The highest BCUT2D eigenvalue weighted by Gasteiger charge is 2.27. The van der Waals surface area contributed by atoms with Crippen molar-refractivity contribution >= 4 is 23.0 Å². The predicted octanol–water partition coefficient (Wildman–Crippen LogP) is 2.57. The van der Waals surface area contributed by atoms with Crippen molar-refractivity contribution in [1.29, 1.82) is 0 Å². The molecule has 0 spiro atoms. The van der Waals surface area contributed by atoms with Crippen LogP contribution in [0.2, 0.25) is 0 Å². The van der Waals surface area contributed by atoms with Gasteiger partial charge in [-0.1, -0.05) is 30.3 Å². The second-order valence-corrected chi connectivity index (χ2v) is 4.82. The third-order valence-corrected chi connectivity index (χ3v) is 3.45. The van der Waals surface area contributed by atoms with Gasteiger partial charge in [-0.05, 0) is 17.7 Å². The number of nitro groups is 1. The first-order chi connectivity index (χ1) is 10.1. The second-order valence-electron chi connectivity index (χ2n) is 4.82. The van der Waals surface area contributed by atoms with Crippen molar-refractivity contribution in [2.75, 3.05) is 10.6 Å². The minimum atomic E-state index is -0.507. The summed E-state index contributed by atoms with van der Waals surface area (Å²) in [5.41, 5.74) is 2.10. The lowest BCUT2D eigenvalue weighted by Crippen LogP contribution is -2.32. The molecule has 0 saturated carbocycles. The number of benzene rings is 2. The van der Waals surface area contributed by atoms with E-state index in [1.165, 1.54) is 12.1 Å². The molecule has 1 amide bonds. The van der Waals surface area contributed by atoms with Crippen LogP contribution in [0.4, 0.5) is 17.1 Å². The Hall–Kier alpha value is -2.89. The molecule has 6 nitrogen and oxygen atoms in total. The van der Waals surface area contributed by atoms with Gasteiger partial charge >= 0.3 is 0 Å². The van der Waals surface area contributed by atoms with Crippen LogP contribution in [0, 0.1) is 10.1 Å². The molecule has 0 unspecified atom stereocenters. The molecular weight excluding hydrogens is 270 g/mol. The van der Waals surface area contributed by atoms with Crippen LogP contribution in [0.25, 0.3) is 0 Å². The van der Waals surface area contributed by atoms with E-state index < -0.39 is 11.0 Å². The van der Waals surface area contributed by atoms with Crippen LogP contribution in [-0.2, 0) is 11.2 Å². The lowest BCUT2D eigenvalue weighted by atomic mass is 10.1. The Kier molecular flexibility index (Phi) is 3.27. The number of carbonyl (C=O) groups excluding carboxylic acids is 1. The van der Waals surface area contributed by atoms with Crippen LogP contribution in [0.5, 0.6) is 0 Å². The van der Waals surface area contributed by atoms with Crippen molar-refractivity contribution in [3.05, 3.63) is 64.2 Å². The van der Waals surface area contributed by atoms with Crippen molar-refractivity contribution in [2.45, 2.75) is 12.5 Å². The van der Waals surface area contributed by atoms with Gasteiger partial charge in [-0.15, -0.1) is 0 Å². The first-order valence-corrected chi connectivity index (χ1v) is 6.54. The van der Waals surface area contributed by atoms with E-state index in [1.807, 2.05) is 24.3 Å². The number of amides is 1. The normalized spacial score (nSPS) is 15.9. The van der Waals surface area contributed by atoms with Crippen LogP contribution in [0.1, 0.15) is 5.56 Å². The summed E-state index contributed by atoms with van der Waals surface area (Å²) in [4.78, 5) is 22.7. The highest BCUT2D eigenvalue weighted by atomic mass is 16.6. The summed E-state index contributed by atoms with van der Waals surface area (Å²) in [5, 5.41) is 16.7. The van der Waals surface area contributed by atoms with E-state index in [1.54, 1.807) is 12.1 Å². The average molecular weight is 283 g/mol. The fraction of sp³-hybridized carbons (Fsp3) is 0.133. The number of para-hydroxylation sites is 3. The zero-order valence-corrected chi connectivity index (χ0v) is 11.1. The highest BCUT2D eigenvalue weighted by molar-refractivity contribution is 5.99. The Morgan fingerprint density at radius 2 is 1.90 bits per heavy atom. The van der Waals surface area contributed by atoms with E-state index in [0.29, 0.717) is 6.42 Å². The van der Waals surface area contributed by atoms with Gasteiger partial charge in [0.05, 0.1) is 4.92 Å². The van der Waals surface area contributed by atoms with Crippen LogP contribution in [0.15, 0.2) is 48.5 Å². The molecule has 0 saturated heterocycles. The number of carbonyl (C=O) groups is 1. The average Bonchev–Trinajstić information content (AvgIpc) is 2.91. The van der Waals surface area contributed by atoms with E-state index in [4.69, 9.17) is 0 Å². The Balaban J connectivity index is 1.76. The molecule has 1 aliphatic heterocycles.